The fraction of sp³-hybridized carbons (Fsp3) is 0.560. The van der Waals surface area contributed by atoms with Crippen LogP contribution in [0.15, 0.2) is 54.6 Å². The maximum atomic E-state index is 12.9. The molecule has 0 N–H and O–H groups in total. The lowest BCUT2D eigenvalue weighted by Crippen LogP contribution is -2.61. The van der Waals surface area contributed by atoms with Gasteiger partial charge in [0.05, 0.1) is 31.3 Å². The first-order valence-corrected chi connectivity index (χ1v) is 10.9. The highest BCUT2D eigenvalue weighted by atomic mass is 16.7. The first-order chi connectivity index (χ1) is 15.0. The average molecular weight is 427 g/mol. The first-order valence-electron chi connectivity index (χ1n) is 10.9. The lowest BCUT2D eigenvalue weighted by atomic mass is 9.51. The first kappa shape index (κ1) is 20.9. The molecule has 2 aliphatic heterocycles. The molecule has 1 saturated carbocycles. The number of benzene rings is 1. The Labute approximate surface area is 183 Å². The Hall–Kier alpha value is -1.99. The number of hydrogen-bond donors (Lipinski definition) is 0. The zero-order valence-electron chi connectivity index (χ0n) is 18.2. The van der Waals surface area contributed by atoms with Crippen LogP contribution in [0.4, 0.5) is 0 Å². The third-order valence-corrected chi connectivity index (χ3v) is 7.92. The van der Waals surface area contributed by atoms with Crippen molar-refractivity contribution in [3.8, 4) is 0 Å². The molecule has 2 aliphatic carbocycles. The van der Waals surface area contributed by atoms with Crippen molar-refractivity contribution in [2.75, 3.05) is 27.1 Å². The number of carbonyl (C=O) groups excluding carboxylic acids is 1. The molecule has 0 amide bonds. The van der Waals surface area contributed by atoms with Crippen LogP contribution in [0.1, 0.15) is 25.3 Å². The second-order valence-electron chi connectivity index (χ2n) is 9.25. The number of rotatable bonds is 8. The number of carbonyl (C=O) groups is 1. The monoisotopic (exact) mass is 426 g/mol. The minimum absolute atomic E-state index is 0.0168. The van der Waals surface area contributed by atoms with Crippen LogP contribution in [-0.4, -0.2) is 50.9 Å². The summed E-state index contributed by atoms with van der Waals surface area (Å²) >= 11 is 0. The number of fused-ring (bicyclic) bond motifs is 1. The quantitative estimate of drug-likeness (QED) is 0.275. The van der Waals surface area contributed by atoms with Gasteiger partial charge in [-0.15, -0.1) is 6.58 Å². The minimum Gasteiger partial charge on any atom is -0.463 e. The number of hydrogen-bond acceptors (Lipinski definition) is 6. The van der Waals surface area contributed by atoms with Crippen molar-refractivity contribution in [1.82, 2.24) is 0 Å². The highest BCUT2D eigenvalue weighted by Gasteiger charge is 2.77. The fourth-order valence-corrected chi connectivity index (χ4v) is 6.22. The van der Waals surface area contributed by atoms with Crippen LogP contribution in [-0.2, 0) is 35.1 Å². The van der Waals surface area contributed by atoms with E-state index in [9.17, 15) is 4.79 Å². The van der Waals surface area contributed by atoms with Crippen molar-refractivity contribution >= 4 is 5.97 Å². The molecule has 166 valence electrons. The summed E-state index contributed by atoms with van der Waals surface area (Å²) in [4.78, 5) is 12.9. The second-order valence-corrected chi connectivity index (χ2v) is 9.25. The predicted octanol–water partition coefficient (Wildman–Crippen LogP) is 3.42. The highest BCUT2D eigenvalue weighted by Crippen LogP contribution is 2.72. The van der Waals surface area contributed by atoms with Gasteiger partial charge in [-0.2, -0.15) is 0 Å². The van der Waals surface area contributed by atoms with Gasteiger partial charge in [0.25, 0.3) is 0 Å². The van der Waals surface area contributed by atoms with E-state index >= 15 is 0 Å². The van der Waals surface area contributed by atoms with Gasteiger partial charge in [-0.3, -0.25) is 0 Å². The summed E-state index contributed by atoms with van der Waals surface area (Å²) < 4.78 is 29.2. The summed E-state index contributed by atoms with van der Waals surface area (Å²) in [5, 5.41) is 0. The SMILES string of the molecule is C=C[C@]1(COCc2ccccc2)C2=CC[C@H]3COC(=O)[C@H](OCOC)C23C[C@@H]2O[C@@]21C. The molecule has 31 heavy (non-hydrogen) atoms. The van der Waals surface area contributed by atoms with Gasteiger partial charge in [0, 0.05) is 18.4 Å². The smallest absolute Gasteiger partial charge is 0.336 e. The lowest BCUT2D eigenvalue weighted by molar-refractivity contribution is -0.202. The molecular weight excluding hydrogens is 396 g/mol. The Balaban J connectivity index is 1.49. The molecule has 0 radical (unpaired) electrons. The van der Waals surface area contributed by atoms with E-state index in [0.29, 0.717) is 19.8 Å². The molecule has 6 heteroatoms. The van der Waals surface area contributed by atoms with Gasteiger partial charge in [0.2, 0.25) is 0 Å². The zero-order chi connectivity index (χ0) is 21.7. The standard InChI is InChI=1S/C25H30O6/c1-4-24(15-28-13-17-8-6-5-7-9-17)19-11-10-18-14-29-22(26)21(30-16-27-3)25(18,19)12-20-23(24,2)31-20/h4-9,11,18,20-21H,1,10,12-16H2,2-3H3/t18-,20-,21-,23-,24-,25?/m0/s1. The van der Waals surface area contributed by atoms with E-state index in [1.165, 1.54) is 0 Å². The van der Waals surface area contributed by atoms with Crippen molar-refractivity contribution in [2.24, 2.45) is 16.7 Å². The van der Waals surface area contributed by atoms with Gasteiger partial charge in [0.15, 0.2) is 6.10 Å². The zero-order valence-corrected chi connectivity index (χ0v) is 18.2. The molecule has 2 heterocycles. The number of cyclic esters (lactones) is 1. The summed E-state index contributed by atoms with van der Waals surface area (Å²) in [6.45, 7) is 7.74. The van der Waals surface area contributed by atoms with E-state index in [1.807, 2.05) is 24.3 Å². The van der Waals surface area contributed by atoms with Crippen LogP contribution in [0.3, 0.4) is 0 Å². The van der Waals surface area contributed by atoms with Crippen molar-refractivity contribution in [3.63, 3.8) is 0 Å². The summed E-state index contributed by atoms with van der Waals surface area (Å²) in [6.07, 6.45) is 5.10. The molecule has 1 aromatic carbocycles. The maximum Gasteiger partial charge on any atom is 0.336 e. The lowest BCUT2D eigenvalue weighted by Gasteiger charge is -2.54. The van der Waals surface area contributed by atoms with E-state index in [-0.39, 0.29) is 24.8 Å². The highest BCUT2D eigenvalue weighted by molar-refractivity contribution is 5.79. The molecule has 0 bridgehead atoms. The molecule has 1 unspecified atom stereocenters. The van der Waals surface area contributed by atoms with E-state index in [1.54, 1.807) is 7.11 Å². The van der Waals surface area contributed by atoms with Crippen LogP contribution < -0.4 is 0 Å². The Kier molecular flexibility index (Phi) is 5.09. The number of allylic oxidation sites excluding steroid dienone is 1. The summed E-state index contributed by atoms with van der Waals surface area (Å²) in [7, 11) is 1.56. The molecule has 1 aromatic rings. The summed E-state index contributed by atoms with van der Waals surface area (Å²) in [5.41, 5.74) is 0.850. The van der Waals surface area contributed by atoms with E-state index in [0.717, 1.165) is 24.0 Å². The molecule has 0 aromatic heterocycles. The van der Waals surface area contributed by atoms with Crippen LogP contribution in [0.25, 0.3) is 0 Å². The number of ether oxygens (including phenoxy) is 5. The molecular formula is C25H30O6. The molecule has 6 nitrogen and oxygen atoms in total. The van der Waals surface area contributed by atoms with Crippen molar-refractivity contribution in [1.29, 1.82) is 0 Å². The molecule has 4 aliphatic rings. The minimum atomic E-state index is -0.720. The topological polar surface area (TPSA) is 66.5 Å². The maximum absolute atomic E-state index is 12.9. The van der Waals surface area contributed by atoms with E-state index in [2.05, 4.69) is 31.7 Å². The normalized spacial score (nSPS) is 40.3. The van der Waals surface area contributed by atoms with Crippen LogP contribution in [0.5, 0.6) is 0 Å². The van der Waals surface area contributed by atoms with Crippen molar-refractivity contribution in [3.05, 3.63) is 60.2 Å². The van der Waals surface area contributed by atoms with E-state index in [4.69, 9.17) is 23.7 Å². The molecule has 1 spiro atoms. The van der Waals surface area contributed by atoms with Gasteiger partial charge < -0.3 is 23.7 Å². The van der Waals surface area contributed by atoms with Crippen molar-refractivity contribution in [2.45, 2.75) is 44.2 Å². The van der Waals surface area contributed by atoms with Gasteiger partial charge in [-0.25, -0.2) is 4.79 Å². The summed E-state index contributed by atoms with van der Waals surface area (Å²) in [5.74, 6) is -0.169. The average Bonchev–Trinajstić information content (AvgIpc) is 3.30. The van der Waals surface area contributed by atoms with Gasteiger partial charge >= 0.3 is 5.97 Å². The Morgan fingerprint density at radius 2 is 2.10 bits per heavy atom. The molecule has 5 rings (SSSR count). The van der Waals surface area contributed by atoms with Gasteiger partial charge in [-0.05, 0) is 30.9 Å². The van der Waals surface area contributed by atoms with Crippen molar-refractivity contribution < 1.29 is 28.5 Å². The Morgan fingerprint density at radius 3 is 2.84 bits per heavy atom. The number of methoxy groups -OCH3 is 1. The van der Waals surface area contributed by atoms with Crippen LogP contribution in [0, 0.1) is 16.7 Å². The number of esters is 1. The van der Waals surface area contributed by atoms with Crippen LogP contribution >= 0.6 is 0 Å². The largest absolute Gasteiger partial charge is 0.463 e. The third kappa shape index (κ3) is 2.89. The molecule has 3 fully saturated rings. The Bertz CT molecular complexity index is 897. The van der Waals surface area contributed by atoms with Gasteiger partial charge in [0.1, 0.15) is 12.4 Å². The second kappa shape index (κ2) is 7.55. The number of epoxide rings is 1. The Morgan fingerprint density at radius 1 is 1.29 bits per heavy atom. The molecule has 2 saturated heterocycles. The van der Waals surface area contributed by atoms with Gasteiger partial charge in [-0.1, -0.05) is 42.5 Å². The van der Waals surface area contributed by atoms with E-state index < -0.39 is 22.5 Å². The van der Waals surface area contributed by atoms with Crippen LogP contribution in [0.2, 0.25) is 0 Å². The molecule has 6 atom stereocenters. The fourth-order valence-electron chi connectivity index (χ4n) is 6.22. The summed E-state index contributed by atoms with van der Waals surface area (Å²) in [6, 6.07) is 10.1. The third-order valence-electron chi connectivity index (χ3n) is 7.92. The predicted molar refractivity (Wildman–Crippen MR) is 113 cm³/mol.